The molecule has 0 amide bonds. The minimum atomic E-state index is -1.21. The van der Waals surface area contributed by atoms with E-state index < -0.39 is 17.4 Å². The lowest BCUT2D eigenvalue weighted by molar-refractivity contribution is -0.173. The Morgan fingerprint density at radius 2 is 1.59 bits per heavy atom. The maximum atomic E-state index is 12.4. The molecule has 2 aliphatic rings. The molecular weight excluding hydrogens is 284 g/mol. The summed E-state index contributed by atoms with van der Waals surface area (Å²) in [4.78, 5) is 24.8. The molecule has 0 radical (unpaired) electrons. The number of fused-ring (bicyclic) bond motifs is 1. The first kappa shape index (κ1) is 16.8. The van der Waals surface area contributed by atoms with Crippen molar-refractivity contribution in [3.8, 4) is 0 Å². The van der Waals surface area contributed by atoms with Gasteiger partial charge in [-0.15, -0.1) is 0 Å². The maximum absolute atomic E-state index is 12.4. The van der Waals surface area contributed by atoms with Gasteiger partial charge in [-0.1, -0.05) is 13.8 Å². The van der Waals surface area contributed by atoms with E-state index in [0.29, 0.717) is 18.8 Å². The van der Waals surface area contributed by atoms with E-state index in [1.807, 2.05) is 6.92 Å². The molecule has 2 aliphatic carbocycles. The van der Waals surface area contributed by atoms with Crippen LogP contribution in [0.1, 0.15) is 40.0 Å². The number of carbonyl (C=O) groups excluding carboxylic acids is 2. The molecule has 2 rings (SSSR count). The Balaban J connectivity index is 2.46. The molecule has 22 heavy (non-hydrogen) atoms. The first-order valence-electron chi connectivity index (χ1n) is 7.62. The van der Waals surface area contributed by atoms with Crippen molar-refractivity contribution >= 4 is 11.9 Å². The molecule has 0 bridgehead atoms. The first-order valence-corrected chi connectivity index (χ1v) is 7.62. The highest BCUT2D eigenvalue weighted by Crippen LogP contribution is 2.78. The van der Waals surface area contributed by atoms with Crippen LogP contribution in [0.2, 0.25) is 0 Å². The molecule has 0 heterocycles. The molecule has 0 aliphatic heterocycles. The van der Waals surface area contributed by atoms with Crippen LogP contribution < -0.4 is 0 Å². The molecule has 5 heteroatoms. The van der Waals surface area contributed by atoms with Crippen LogP contribution in [-0.2, 0) is 23.8 Å². The van der Waals surface area contributed by atoms with Gasteiger partial charge in [0.15, 0.2) is 5.41 Å². The van der Waals surface area contributed by atoms with Crippen molar-refractivity contribution in [1.29, 1.82) is 0 Å². The zero-order valence-corrected chi connectivity index (χ0v) is 14.3. The van der Waals surface area contributed by atoms with Crippen molar-refractivity contribution < 1.29 is 23.8 Å². The van der Waals surface area contributed by atoms with Gasteiger partial charge in [0, 0.05) is 5.41 Å². The highest BCUT2D eigenvalue weighted by Gasteiger charge is 2.75. The summed E-state index contributed by atoms with van der Waals surface area (Å²) in [6, 6.07) is 0. The number of carbonyl (C=O) groups is 2. The number of esters is 2. The third kappa shape index (κ3) is 2.05. The van der Waals surface area contributed by atoms with Crippen LogP contribution in [0, 0.1) is 22.2 Å². The zero-order chi connectivity index (χ0) is 16.8. The van der Waals surface area contributed by atoms with Gasteiger partial charge in [0.25, 0.3) is 0 Å². The SMILES string of the molecule is COC(=O)C1(C(=O)OC)CC[C@H]2C(C)(C)[C@@]2(/C=C(\C)OC)C1. The molecule has 5 nitrogen and oxygen atoms in total. The van der Waals surface area contributed by atoms with Crippen molar-refractivity contribution in [3.63, 3.8) is 0 Å². The van der Waals surface area contributed by atoms with Gasteiger partial charge in [0.1, 0.15) is 0 Å². The lowest BCUT2D eigenvalue weighted by atomic mass is 9.68. The Morgan fingerprint density at radius 3 is 2.05 bits per heavy atom. The van der Waals surface area contributed by atoms with Gasteiger partial charge in [0.05, 0.1) is 27.1 Å². The van der Waals surface area contributed by atoms with Crippen molar-refractivity contribution in [2.45, 2.75) is 40.0 Å². The fraction of sp³-hybridized carbons (Fsp3) is 0.765. The second-order valence-electron chi connectivity index (χ2n) is 7.05. The average Bonchev–Trinajstić information content (AvgIpc) is 2.99. The predicted octanol–water partition coefficient (Wildman–Crippen LogP) is 2.70. The highest BCUT2D eigenvalue weighted by molar-refractivity contribution is 6.00. The first-order chi connectivity index (χ1) is 10.2. The zero-order valence-electron chi connectivity index (χ0n) is 14.3. The minimum Gasteiger partial charge on any atom is -0.502 e. The number of ether oxygens (including phenoxy) is 3. The van der Waals surface area contributed by atoms with Crippen LogP contribution in [0.5, 0.6) is 0 Å². The van der Waals surface area contributed by atoms with Crippen molar-refractivity contribution in [2.24, 2.45) is 22.2 Å². The standard InChI is InChI=1S/C17H26O5/c1-11(20-4)9-17-10-16(13(18)21-5,14(19)22-6)8-7-12(17)15(17,2)3/h9,12H,7-8,10H2,1-6H3/b11-9+/t12-,17-/m0/s1. The van der Waals surface area contributed by atoms with Gasteiger partial charge in [-0.25, -0.2) is 0 Å². The lowest BCUT2D eigenvalue weighted by Crippen LogP contribution is -2.45. The Kier molecular flexibility index (Phi) is 4.05. The normalized spacial score (nSPS) is 31.7. The summed E-state index contributed by atoms with van der Waals surface area (Å²) in [5.74, 6) is 0.250. The Labute approximate surface area is 132 Å². The van der Waals surface area contributed by atoms with Crippen LogP contribution in [0.3, 0.4) is 0 Å². The van der Waals surface area contributed by atoms with E-state index in [4.69, 9.17) is 14.2 Å². The minimum absolute atomic E-state index is 0.0244. The summed E-state index contributed by atoms with van der Waals surface area (Å²) >= 11 is 0. The summed E-state index contributed by atoms with van der Waals surface area (Å²) in [6.45, 7) is 6.26. The largest absolute Gasteiger partial charge is 0.502 e. The monoisotopic (exact) mass is 310 g/mol. The summed E-state index contributed by atoms with van der Waals surface area (Å²) in [6.07, 6.45) is 3.77. The Hall–Kier alpha value is -1.52. The highest BCUT2D eigenvalue weighted by atomic mass is 16.5. The third-order valence-electron chi connectivity index (χ3n) is 6.00. The fourth-order valence-corrected chi connectivity index (χ4v) is 4.53. The van der Waals surface area contributed by atoms with E-state index >= 15 is 0 Å². The molecule has 2 fully saturated rings. The van der Waals surface area contributed by atoms with Crippen LogP contribution in [0.4, 0.5) is 0 Å². The van der Waals surface area contributed by atoms with E-state index in [9.17, 15) is 9.59 Å². The molecule has 0 aromatic heterocycles. The fourth-order valence-electron chi connectivity index (χ4n) is 4.53. The van der Waals surface area contributed by atoms with Gasteiger partial charge < -0.3 is 14.2 Å². The molecule has 124 valence electrons. The van der Waals surface area contributed by atoms with Crippen molar-refractivity contribution in [2.75, 3.05) is 21.3 Å². The predicted molar refractivity (Wildman–Crippen MR) is 80.8 cm³/mol. The molecule has 0 spiro atoms. The van der Waals surface area contributed by atoms with Crippen molar-refractivity contribution in [3.05, 3.63) is 11.8 Å². The lowest BCUT2D eigenvalue weighted by Gasteiger charge is -2.35. The molecule has 0 aromatic rings. The molecule has 0 aromatic carbocycles. The van der Waals surface area contributed by atoms with Crippen LogP contribution >= 0.6 is 0 Å². The molecular formula is C17H26O5. The second-order valence-corrected chi connectivity index (χ2v) is 7.05. The van der Waals surface area contributed by atoms with E-state index in [2.05, 4.69) is 19.9 Å². The smallest absolute Gasteiger partial charge is 0.323 e. The average molecular weight is 310 g/mol. The van der Waals surface area contributed by atoms with Crippen LogP contribution in [-0.4, -0.2) is 33.3 Å². The summed E-state index contributed by atoms with van der Waals surface area (Å²) in [5.41, 5.74) is -1.41. The van der Waals surface area contributed by atoms with E-state index in [0.717, 1.165) is 12.2 Å². The molecule has 0 N–H and O–H groups in total. The number of hydrogen-bond acceptors (Lipinski definition) is 5. The number of rotatable bonds is 4. The summed E-state index contributed by atoms with van der Waals surface area (Å²) < 4.78 is 15.2. The van der Waals surface area contributed by atoms with Crippen LogP contribution in [0.15, 0.2) is 11.8 Å². The van der Waals surface area contributed by atoms with E-state index in [-0.39, 0.29) is 10.8 Å². The maximum Gasteiger partial charge on any atom is 0.323 e. The number of methoxy groups -OCH3 is 3. The summed E-state index contributed by atoms with van der Waals surface area (Å²) in [5, 5.41) is 0. The molecule has 2 atom stereocenters. The Morgan fingerprint density at radius 1 is 1.05 bits per heavy atom. The van der Waals surface area contributed by atoms with E-state index in [1.165, 1.54) is 14.2 Å². The van der Waals surface area contributed by atoms with Crippen LogP contribution in [0.25, 0.3) is 0 Å². The van der Waals surface area contributed by atoms with Gasteiger partial charge in [-0.3, -0.25) is 9.59 Å². The van der Waals surface area contributed by atoms with Crippen molar-refractivity contribution in [1.82, 2.24) is 0 Å². The Bertz CT molecular complexity index is 503. The topological polar surface area (TPSA) is 61.8 Å². The second kappa shape index (κ2) is 5.28. The van der Waals surface area contributed by atoms with Gasteiger partial charge in [-0.05, 0) is 43.6 Å². The number of allylic oxidation sites excluding steroid dienone is 2. The quantitative estimate of drug-likeness (QED) is 0.454. The number of hydrogen-bond donors (Lipinski definition) is 0. The molecule has 0 saturated heterocycles. The van der Waals surface area contributed by atoms with E-state index in [1.54, 1.807) is 7.11 Å². The third-order valence-corrected chi connectivity index (χ3v) is 6.00. The summed E-state index contributed by atoms with van der Waals surface area (Å²) in [7, 11) is 4.27. The van der Waals surface area contributed by atoms with Gasteiger partial charge in [-0.2, -0.15) is 0 Å². The van der Waals surface area contributed by atoms with Gasteiger partial charge in [0.2, 0.25) is 0 Å². The molecule has 0 unspecified atom stereocenters. The molecule has 2 saturated carbocycles. The van der Waals surface area contributed by atoms with Gasteiger partial charge >= 0.3 is 11.9 Å².